The second-order valence-corrected chi connectivity index (χ2v) is 7.37. The highest BCUT2D eigenvalue weighted by molar-refractivity contribution is 7.99. The number of halogens is 1. The van der Waals surface area contributed by atoms with Crippen molar-refractivity contribution >= 4 is 21.8 Å². The van der Waals surface area contributed by atoms with E-state index in [4.69, 9.17) is 5.73 Å². The zero-order valence-electron chi connectivity index (χ0n) is 10.4. The Bertz CT molecular complexity index is 543. The SMILES string of the molecule is NCc1ccc(F)cc1S(=O)(=O)NC1CCSCC1. The number of thioether (sulfide) groups is 1. The first-order valence-corrected chi connectivity index (χ1v) is 8.75. The lowest BCUT2D eigenvalue weighted by Gasteiger charge is -2.23. The second kappa shape index (κ2) is 6.21. The van der Waals surface area contributed by atoms with Gasteiger partial charge in [0.05, 0.1) is 4.90 Å². The molecule has 7 heteroatoms. The third kappa shape index (κ3) is 3.68. The van der Waals surface area contributed by atoms with Gasteiger partial charge in [-0.3, -0.25) is 0 Å². The fraction of sp³-hybridized carbons (Fsp3) is 0.500. The molecule has 1 saturated heterocycles. The number of nitrogens with two attached hydrogens (primary N) is 1. The van der Waals surface area contributed by atoms with E-state index in [-0.39, 0.29) is 17.5 Å². The fourth-order valence-corrected chi connectivity index (χ4v) is 4.72. The molecule has 1 aliphatic heterocycles. The van der Waals surface area contributed by atoms with Crippen LogP contribution in [0, 0.1) is 5.82 Å². The summed E-state index contributed by atoms with van der Waals surface area (Å²) in [7, 11) is -3.70. The largest absolute Gasteiger partial charge is 0.326 e. The standard InChI is InChI=1S/C12H17FN2O2S2/c13-10-2-1-9(8-14)12(7-10)19(16,17)15-11-3-5-18-6-4-11/h1-2,7,11,15H,3-6,8,14H2. The summed E-state index contributed by atoms with van der Waals surface area (Å²) in [6.45, 7) is 0.0665. The molecule has 0 spiro atoms. The predicted octanol–water partition coefficient (Wildman–Crippen LogP) is 1.46. The van der Waals surface area contributed by atoms with E-state index in [9.17, 15) is 12.8 Å². The maximum Gasteiger partial charge on any atom is 0.241 e. The molecule has 0 saturated carbocycles. The Morgan fingerprint density at radius 2 is 2.05 bits per heavy atom. The lowest BCUT2D eigenvalue weighted by molar-refractivity contribution is 0.526. The van der Waals surface area contributed by atoms with Crippen LogP contribution in [0.15, 0.2) is 23.1 Å². The van der Waals surface area contributed by atoms with Crippen LogP contribution in [-0.2, 0) is 16.6 Å². The van der Waals surface area contributed by atoms with Crippen LogP contribution in [0.1, 0.15) is 18.4 Å². The van der Waals surface area contributed by atoms with Gasteiger partial charge in [-0.1, -0.05) is 6.07 Å². The van der Waals surface area contributed by atoms with Crippen LogP contribution in [0.3, 0.4) is 0 Å². The van der Waals surface area contributed by atoms with E-state index in [0.29, 0.717) is 5.56 Å². The zero-order chi connectivity index (χ0) is 13.9. The normalized spacial score (nSPS) is 17.6. The monoisotopic (exact) mass is 304 g/mol. The fourth-order valence-electron chi connectivity index (χ4n) is 2.05. The van der Waals surface area contributed by atoms with Gasteiger partial charge >= 0.3 is 0 Å². The molecule has 106 valence electrons. The Kier molecular flexibility index (Phi) is 4.83. The summed E-state index contributed by atoms with van der Waals surface area (Å²) in [6.07, 6.45) is 1.61. The Labute approximate surface area is 117 Å². The van der Waals surface area contributed by atoms with Crippen LogP contribution in [0.2, 0.25) is 0 Å². The summed E-state index contributed by atoms with van der Waals surface area (Å²) in [6, 6.07) is 3.60. The van der Waals surface area contributed by atoms with Gasteiger partial charge in [-0.2, -0.15) is 11.8 Å². The highest BCUT2D eigenvalue weighted by Gasteiger charge is 2.24. The summed E-state index contributed by atoms with van der Waals surface area (Å²) in [5.41, 5.74) is 5.94. The molecule has 0 amide bonds. The number of hydrogen-bond acceptors (Lipinski definition) is 4. The van der Waals surface area contributed by atoms with Crippen LogP contribution in [-0.4, -0.2) is 26.0 Å². The molecular formula is C12H17FN2O2S2. The van der Waals surface area contributed by atoms with Gasteiger partial charge in [0.1, 0.15) is 5.82 Å². The summed E-state index contributed by atoms with van der Waals surface area (Å²) in [5, 5.41) is 0. The lowest BCUT2D eigenvalue weighted by atomic mass is 10.2. The molecule has 4 nitrogen and oxygen atoms in total. The minimum Gasteiger partial charge on any atom is -0.326 e. The third-order valence-corrected chi connectivity index (χ3v) is 5.73. The maximum absolute atomic E-state index is 13.3. The highest BCUT2D eigenvalue weighted by Crippen LogP contribution is 2.21. The first-order chi connectivity index (χ1) is 9.03. The summed E-state index contributed by atoms with van der Waals surface area (Å²) < 4.78 is 40.5. The maximum atomic E-state index is 13.3. The van der Waals surface area contributed by atoms with Crippen molar-refractivity contribution in [1.82, 2.24) is 4.72 Å². The lowest BCUT2D eigenvalue weighted by Crippen LogP contribution is -2.37. The number of benzene rings is 1. The van der Waals surface area contributed by atoms with Gasteiger partial charge in [0.2, 0.25) is 10.0 Å². The van der Waals surface area contributed by atoms with E-state index in [1.54, 1.807) is 0 Å². The van der Waals surface area contributed by atoms with Crippen molar-refractivity contribution in [3.05, 3.63) is 29.6 Å². The first-order valence-electron chi connectivity index (χ1n) is 6.11. The third-order valence-electron chi connectivity index (χ3n) is 3.08. The van der Waals surface area contributed by atoms with Crippen LogP contribution in [0.25, 0.3) is 0 Å². The van der Waals surface area contributed by atoms with Crippen LogP contribution < -0.4 is 10.5 Å². The van der Waals surface area contributed by atoms with Crippen molar-refractivity contribution in [3.63, 3.8) is 0 Å². The second-order valence-electron chi connectivity index (χ2n) is 4.46. The van der Waals surface area contributed by atoms with Gasteiger partial charge in [0.25, 0.3) is 0 Å². The predicted molar refractivity (Wildman–Crippen MR) is 75.0 cm³/mol. The molecule has 2 rings (SSSR count). The van der Waals surface area contributed by atoms with E-state index in [1.165, 1.54) is 12.1 Å². The van der Waals surface area contributed by atoms with Crippen molar-refractivity contribution < 1.29 is 12.8 Å². The van der Waals surface area contributed by atoms with Crippen LogP contribution in [0.4, 0.5) is 4.39 Å². The molecular weight excluding hydrogens is 287 g/mol. The Morgan fingerprint density at radius 3 is 2.68 bits per heavy atom. The van der Waals surface area contributed by atoms with E-state index in [1.807, 2.05) is 11.8 Å². The smallest absolute Gasteiger partial charge is 0.241 e. The summed E-state index contributed by atoms with van der Waals surface area (Å²) in [5.74, 6) is 1.32. The molecule has 0 aromatic heterocycles. The van der Waals surface area contributed by atoms with Gasteiger partial charge in [0, 0.05) is 12.6 Å². The van der Waals surface area contributed by atoms with E-state index >= 15 is 0 Å². The van der Waals surface area contributed by atoms with Crippen molar-refractivity contribution in [2.75, 3.05) is 11.5 Å². The molecule has 1 fully saturated rings. The van der Waals surface area contributed by atoms with Crippen molar-refractivity contribution in [2.24, 2.45) is 5.73 Å². The Hall–Kier alpha value is -0.630. The van der Waals surface area contributed by atoms with Crippen molar-refractivity contribution in [2.45, 2.75) is 30.3 Å². The zero-order valence-corrected chi connectivity index (χ0v) is 12.1. The van der Waals surface area contributed by atoms with Gasteiger partial charge < -0.3 is 5.73 Å². The minimum absolute atomic E-state index is 0.0479. The van der Waals surface area contributed by atoms with Gasteiger partial charge in [-0.15, -0.1) is 0 Å². The summed E-state index contributed by atoms with van der Waals surface area (Å²) in [4.78, 5) is -0.0479. The average Bonchev–Trinajstić information content (AvgIpc) is 2.39. The topological polar surface area (TPSA) is 72.2 Å². The number of hydrogen-bond donors (Lipinski definition) is 2. The molecule has 3 N–H and O–H groups in total. The van der Waals surface area contributed by atoms with Gasteiger partial charge in [-0.25, -0.2) is 17.5 Å². The van der Waals surface area contributed by atoms with E-state index in [0.717, 1.165) is 30.4 Å². The Balaban J connectivity index is 2.25. The molecule has 0 aliphatic carbocycles. The number of rotatable bonds is 4. The van der Waals surface area contributed by atoms with E-state index in [2.05, 4.69) is 4.72 Å². The molecule has 0 bridgehead atoms. The molecule has 1 aromatic carbocycles. The molecule has 19 heavy (non-hydrogen) atoms. The average molecular weight is 304 g/mol. The highest BCUT2D eigenvalue weighted by atomic mass is 32.2. The number of nitrogens with one attached hydrogen (secondary N) is 1. The number of sulfonamides is 1. The van der Waals surface area contributed by atoms with Crippen LogP contribution in [0.5, 0.6) is 0 Å². The van der Waals surface area contributed by atoms with Gasteiger partial charge in [-0.05, 0) is 42.0 Å². The quantitative estimate of drug-likeness (QED) is 0.883. The first kappa shape index (κ1) is 14.8. The summed E-state index contributed by atoms with van der Waals surface area (Å²) >= 11 is 1.82. The molecule has 0 radical (unpaired) electrons. The molecule has 1 aromatic rings. The van der Waals surface area contributed by atoms with Crippen molar-refractivity contribution in [3.8, 4) is 0 Å². The molecule has 0 unspecified atom stereocenters. The molecule has 1 aliphatic rings. The minimum atomic E-state index is -3.70. The van der Waals surface area contributed by atoms with Gasteiger partial charge in [0.15, 0.2) is 0 Å². The Morgan fingerprint density at radius 1 is 1.37 bits per heavy atom. The molecule has 0 atom stereocenters. The van der Waals surface area contributed by atoms with E-state index < -0.39 is 15.8 Å². The van der Waals surface area contributed by atoms with Crippen LogP contribution >= 0.6 is 11.8 Å². The molecule has 1 heterocycles. The van der Waals surface area contributed by atoms with Crippen molar-refractivity contribution in [1.29, 1.82) is 0 Å².